The number of aliphatic hydroxyl groups excluding tert-OH is 1. The molecule has 2 N–H and O–H groups in total. The number of fused-ring (bicyclic) bond motifs is 1. The van der Waals surface area contributed by atoms with Crippen LogP contribution in [0.15, 0.2) is 30.3 Å². The zero-order chi connectivity index (χ0) is 11.7. The van der Waals surface area contributed by atoms with Crippen molar-refractivity contribution in [2.45, 2.75) is 31.0 Å². The molecule has 2 fully saturated rings. The molecule has 2 heterocycles. The molecule has 0 radical (unpaired) electrons. The average molecular weight is 232 g/mol. The van der Waals surface area contributed by atoms with Crippen LogP contribution in [0.4, 0.5) is 0 Å². The van der Waals surface area contributed by atoms with Crippen molar-refractivity contribution in [2.75, 3.05) is 19.6 Å². The van der Waals surface area contributed by atoms with Gasteiger partial charge in [-0.3, -0.25) is 4.90 Å². The van der Waals surface area contributed by atoms with Gasteiger partial charge in [-0.2, -0.15) is 0 Å². The van der Waals surface area contributed by atoms with Gasteiger partial charge in [-0.05, 0) is 18.4 Å². The third kappa shape index (κ3) is 2.51. The van der Waals surface area contributed by atoms with Gasteiger partial charge in [0.15, 0.2) is 0 Å². The molecule has 3 heteroatoms. The highest BCUT2D eigenvalue weighted by atomic mass is 16.3. The van der Waals surface area contributed by atoms with Crippen molar-refractivity contribution in [1.82, 2.24) is 10.2 Å². The Kier molecular flexibility index (Phi) is 3.14. The normalized spacial score (nSPS) is 33.6. The van der Waals surface area contributed by atoms with Crippen LogP contribution in [0.1, 0.15) is 12.0 Å². The van der Waals surface area contributed by atoms with Gasteiger partial charge in [-0.15, -0.1) is 0 Å². The van der Waals surface area contributed by atoms with Gasteiger partial charge < -0.3 is 10.4 Å². The summed E-state index contributed by atoms with van der Waals surface area (Å²) in [7, 11) is 0. The highest BCUT2D eigenvalue weighted by Gasteiger charge is 2.35. The molecule has 0 spiro atoms. The lowest BCUT2D eigenvalue weighted by Crippen LogP contribution is -2.54. The Morgan fingerprint density at radius 1 is 1.24 bits per heavy atom. The van der Waals surface area contributed by atoms with Crippen LogP contribution < -0.4 is 5.32 Å². The molecule has 0 aromatic heterocycles. The zero-order valence-electron chi connectivity index (χ0n) is 10.0. The SMILES string of the molecule is O[C@@H]1C[C@@H]2CN[C@H](Cc3ccccc3)CN2C1. The van der Waals surface area contributed by atoms with Gasteiger partial charge in [-0.25, -0.2) is 0 Å². The highest BCUT2D eigenvalue weighted by Crippen LogP contribution is 2.21. The minimum Gasteiger partial charge on any atom is -0.392 e. The first-order chi connectivity index (χ1) is 8.31. The monoisotopic (exact) mass is 232 g/mol. The number of hydrogen-bond acceptors (Lipinski definition) is 3. The predicted octanol–water partition coefficient (Wildman–Crippen LogP) is 0.636. The van der Waals surface area contributed by atoms with Gasteiger partial charge in [0, 0.05) is 31.7 Å². The summed E-state index contributed by atoms with van der Waals surface area (Å²) in [5.74, 6) is 0. The van der Waals surface area contributed by atoms with Crippen LogP contribution in [-0.2, 0) is 6.42 Å². The Labute approximate surface area is 102 Å². The van der Waals surface area contributed by atoms with E-state index in [0.29, 0.717) is 12.1 Å². The van der Waals surface area contributed by atoms with Crippen molar-refractivity contribution in [2.24, 2.45) is 0 Å². The molecule has 0 aliphatic carbocycles. The second-order valence-electron chi connectivity index (χ2n) is 5.29. The molecule has 0 unspecified atom stereocenters. The fourth-order valence-corrected chi connectivity index (χ4v) is 3.08. The Morgan fingerprint density at radius 2 is 2.06 bits per heavy atom. The summed E-state index contributed by atoms with van der Waals surface area (Å²) in [6, 6.07) is 11.7. The highest BCUT2D eigenvalue weighted by molar-refractivity contribution is 5.16. The summed E-state index contributed by atoms with van der Waals surface area (Å²) in [4.78, 5) is 2.44. The van der Waals surface area contributed by atoms with Gasteiger partial charge in [0.05, 0.1) is 6.10 Å². The molecule has 2 aliphatic heterocycles. The molecule has 3 nitrogen and oxygen atoms in total. The first-order valence-corrected chi connectivity index (χ1v) is 6.50. The first kappa shape index (κ1) is 11.2. The van der Waals surface area contributed by atoms with Crippen molar-refractivity contribution in [1.29, 1.82) is 0 Å². The van der Waals surface area contributed by atoms with E-state index >= 15 is 0 Å². The smallest absolute Gasteiger partial charge is 0.0682 e. The van der Waals surface area contributed by atoms with E-state index < -0.39 is 0 Å². The number of nitrogens with zero attached hydrogens (tertiary/aromatic N) is 1. The van der Waals surface area contributed by atoms with Crippen LogP contribution in [0, 0.1) is 0 Å². The number of nitrogens with one attached hydrogen (secondary N) is 1. The Morgan fingerprint density at radius 3 is 2.88 bits per heavy atom. The van der Waals surface area contributed by atoms with Gasteiger partial charge in [0.1, 0.15) is 0 Å². The van der Waals surface area contributed by atoms with Crippen LogP contribution in [0.25, 0.3) is 0 Å². The van der Waals surface area contributed by atoms with E-state index in [0.717, 1.165) is 32.5 Å². The van der Waals surface area contributed by atoms with E-state index in [9.17, 15) is 5.11 Å². The zero-order valence-corrected chi connectivity index (χ0v) is 10.0. The number of hydrogen-bond donors (Lipinski definition) is 2. The molecule has 3 atom stereocenters. The number of aliphatic hydroxyl groups is 1. The van der Waals surface area contributed by atoms with E-state index in [1.54, 1.807) is 0 Å². The quantitative estimate of drug-likeness (QED) is 0.785. The molecule has 17 heavy (non-hydrogen) atoms. The second kappa shape index (κ2) is 4.77. The van der Waals surface area contributed by atoms with Gasteiger partial charge >= 0.3 is 0 Å². The Hall–Kier alpha value is -0.900. The number of benzene rings is 1. The molecule has 92 valence electrons. The maximum atomic E-state index is 9.67. The molecule has 2 saturated heterocycles. The summed E-state index contributed by atoms with van der Waals surface area (Å²) >= 11 is 0. The van der Waals surface area contributed by atoms with Gasteiger partial charge in [-0.1, -0.05) is 30.3 Å². The topological polar surface area (TPSA) is 35.5 Å². The maximum Gasteiger partial charge on any atom is 0.0682 e. The van der Waals surface area contributed by atoms with E-state index in [1.807, 2.05) is 0 Å². The summed E-state index contributed by atoms with van der Waals surface area (Å²) < 4.78 is 0. The molecule has 1 aromatic carbocycles. The molecule has 1 aromatic rings. The molecule has 0 amide bonds. The van der Waals surface area contributed by atoms with Crippen molar-refractivity contribution in [3.8, 4) is 0 Å². The van der Waals surface area contributed by atoms with Crippen molar-refractivity contribution >= 4 is 0 Å². The first-order valence-electron chi connectivity index (χ1n) is 6.50. The Bertz CT molecular complexity index is 368. The number of rotatable bonds is 2. The molecule has 0 bridgehead atoms. The summed E-state index contributed by atoms with van der Waals surface area (Å²) in [5, 5.41) is 13.3. The lowest BCUT2D eigenvalue weighted by molar-refractivity contribution is 0.153. The molecule has 3 rings (SSSR count). The number of piperazine rings is 1. The minimum absolute atomic E-state index is 0.114. The van der Waals surface area contributed by atoms with Crippen LogP contribution in [0.5, 0.6) is 0 Å². The minimum atomic E-state index is -0.114. The standard InChI is InChI=1S/C14H20N2O/c17-14-7-13-8-15-12(9-16(13)10-14)6-11-4-2-1-3-5-11/h1-5,12-15,17H,6-10H2/t12-,13-,14-/m1/s1. The lowest BCUT2D eigenvalue weighted by atomic mass is 10.0. The van der Waals surface area contributed by atoms with Crippen LogP contribution >= 0.6 is 0 Å². The van der Waals surface area contributed by atoms with E-state index in [2.05, 4.69) is 40.5 Å². The van der Waals surface area contributed by atoms with Gasteiger partial charge in [0.25, 0.3) is 0 Å². The molecule has 2 aliphatic rings. The lowest BCUT2D eigenvalue weighted by Gasteiger charge is -2.35. The Balaban J connectivity index is 1.60. The maximum absolute atomic E-state index is 9.67. The molecular weight excluding hydrogens is 212 g/mol. The van der Waals surface area contributed by atoms with Crippen LogP contribution in [0.2, 0.25) is 0 Å². The molecule has 0 saturated carbocycles. The van der Waals surface area contributed by atoms with Crippen LogP contribution in [0.3, 0.4) is 0 Å². The molecular formula is C14H20N2O. The van der Waals surface area contributed by atoms with Crippen molar-refractivity contribution < 1.29 is 5.11 Å². The fourth-order valence-electron chi connectivity index (χ4n) is 3.08. The largest absolute Gasteiger partial charge is 0.392 e. The van der Waals surface area contributed by atoms with E-state index in [4.69, 9.17) is 0 Å². The second-order valence-corrected chi connectivity index (χ2v) is 5.29. The third-order valence-electron chi connectivity index (χ3n) is 3.93. The van der Waals surface area contributed by atoms with Gasteiger partial charge in [0.2, 0.25) is 0 Å². The fraction of sp³-hybridized carbons (Fsp3) is 0.571. The summed E-state index contributed by atoms with van der Waals surface area (Å²) in [6.45, 7) is 2.95. The predicted molar refractivity (Wildman–Crippen MR) is 67.9 cm³/mol. The van der Waals surface area contributed by atoms with E-state index in [1.165, 1.54) is 5.56 Å². The van der Waals surface area contributed by atoms with E-state index in [-0.39, 0.29) is 6.10 Å². The van der Waals surface area contributed by atoms with Crippen molar-refractivity contribution in [3.63, 3.8) is 0 Å². The average Bonchev–Trinajstić information content (AvgIpc) is 2.70. The summed E-state index contributed by atoms with van der Waals surface area (Å²) in [5.41, 5.74) is 1.39. The van der Waals surface area contributed by atoms with Crippen molar-refractivity contribution in [3.05, 3.63) is 35.9 Å². The summed E-state index contributed by atoms with van der Waals surface area (Å²) in [6.07, 6.45) is 1.91. The third-order valence-corrected chi connectivity index (χ3v) is 3.93. The van der Waals surface area contributed by atoms with Crippen LogP contribution in [-0.4, -0.2) is 47.8 Å².